The molecule has 2 N–H and O–H groups in total. The third-order valence-corrected chi connectivity index (χ3v) is 6.96. The first-order valence-electron chi connectivity index (χ1n) is 11.0. The van der Waals surface area contributed by atoms with Crippen molar-refractivity contribution in [1.82, 2.24) is 0 Å². The van der Waals surface area contributed by atoms with Crippen LogP contribution in [0.15, 0.2) is 59.0 Å². The topological polar surface area (TPSA) is 97.7 Å². The van der Waals surface area contributed by atoms with Crippen molar-refractivity contribution in [3.05, 3.63) is 77.1 Å². The number of rotatable bonds is 7. The Morgan fingerprint density at radius 3 is 2.51 bits per heavy atom. The van der Waals surface area contributed by atoms with Crippen LogP contribution < -0.4 is 9.77 Å². The van der Waals surface area contributed by atoms with Gasteiger partial charge in [-0.3, -0.25) is 9.10 Å². The van der Waals surface area contributed by atoms with E-state index in [1.807, 2.05) is 28.8 Å². The molecule has 174 valence electrons. The molecule has 1 aliphatic rings. The molecule has 0 bridgehead atoms. The van der Waals surface area contributed by atoms with Crippen molar-refractivity contribution < 1.29 is 23.7 Å². The second-order valence-electron chi connectivity index (χ2n) is 8.39. The number of furan rings is 1. The zero-order valence-corrected chi connectivity index (χ0v) is 19.6. The lowest BCUT2D eigenvalue weighted by Gasteiger charge is -2.25. The SMILES string of the molecule is CSN(c1ccc(B(O)O)c(C#N)c1)c1cc2oc(-c3ccc(F)cc3)c(C=O)c2cc1C1CC1. The Hall–Kier alpha value is -3.58. The van der Waals surface area contributed by atoms with E-state index in [1.54, 1.807) is 24.3 Å². The molecule has 0 radical (unpaired) electrons. The van der Waals surface area contributed by atoms with Gasteiger partial charge in [0.2, 0.25) is 0 Å². The molecular weight excluding hydrogens is 466 g/mol. The molecule has 0 spiro atoms. The zero-order valence-electron chi connectivity index (χ0n) is 18.7. The van der Waals surface area contributed by atoms with Gasteiger partial charge in [-0.1, -0.05) is 6.07 Å². The number of hydrogen-bond acceptors (Lipinski definition) is 7. The van der Waals surface area contributed by atoms with Gasteiger partial charge in [-0.25, -0.2) is 4.39 Å². The van der Waals surface area contributed by atoms with Crippen molar-refractivity contribution in [3.63, 3.8) is 0 Å². The van der Waals surface area contributed by atoms with E-state index in [4.69, 9.17) is 4.42 Å². The molecule has 0 saturated heterocycles. The second kappa shape index (κ2) is 9.23. The van der Waals surface area contributed by atoms with Crippen LogP contribution in [0.5, 0.6) is 0 Å². The summed E-state index contributed by atoms with van der Waals surface area (Å²) in [5, 5.41) is 29.4. The maximum absolute atomic E-state index is 13.4. The predicted octanol–water partition coefficient (Wildman–Crippen LogP) is 4.90. The average Bonchev–Trinajstić information content (AvgIpc) is 3.65. The number of fused-ring (bicyclic) bond motifs is 1. The maximum Gasteiger partial charge on any atom is 0.489 e. The lowest BCUT2D eigenvalue weighted by Crippen LogP contribution is -2.32. The standard InChI is InChI=1S/C26H20BFN2O4S/c1-35-30(19-8-9-23(27(32)33)17(10-19)13-29)24-12-25-21(11-20(24)15-2-3-15)22(14-31)26(34-25)16-4-6-18(28)7-5-16/h4-12,14-15,32-33H,2-3H2,1H3. The van der Waals surface area contributed by atoms with Gasteiger partial charge in [0, 0.05) is 23.3 Å². The number of nitriles is 1. The first kappa shape index (κ1) is 23.2. The van der Waals surface area contributed by atoms with Crippen LogP contribution in [0.1, 0.15) is 40.2 Å². The van der Waals surface area contributed by atoms with Crippen LogP contribution >= 0.6 is 11.9 Å². The highest BCUT2D eigenvalue weighted by Gasteiger charge is 2.31. The van der Waals surface area contributed by atoms with Crippen molar-refractivity contribution in [2.24, 2.45) is 0 Å². The van der Waals surface area contributed by atoms with Gasteiger partial charge < -0.3 is 14.5 Å². The molecule has 5 rings (SSSR count). The molecule has 6 nitrogen and oxygen atoms in total. The molecule has 4 aromatic rings. The summed E-state index contributed by atoms with van der Waals surface area (Å²) >= 11 is 1.44. The minimum atomic E-state index is -1.74. The van der Waals surface area contributed by atoms with Gasteiger partial charge in [-0.15, -0.1) is 0 Å². The van der Waals surface area contributed by atoms with E-state index in [-0.39, 0.29) is 16.8 Å². The van der Waals surface area contributed by atoms with Crippen LogP contribution in [0.3, 0.4) is 0 Å². The Labute approximate surface area is 205 Å². The number of anilines is 2. The molecule has 0 aliphatic heterocycles. The summed E-state index contributed by atoms with van der Waals surface area (Å²) in [5.41, 5.74) is 4.48. The quantitative estimate of drug-likeness (QED) is 0.218. The van der Waals surface area contributed by atoms with E-state index >= 15 is 0 Å². The molecule has 1 fully saturated rings. The van der Waals surface area contributed by atoms with E-state index in [1.165, 1.54) is 30.1 Å². The minimum absolute atomic E-state index is 0.140. The number of aldehydes is 1. The van der Waals surface area contributed by atoms with Gasteiger partial charge in [-0.05, 0) is 84.2 Å². The fourth-order valence-electron chi connectivity index (χ4n) is 4.33. The molecule has 1 heterocycles. The Balaban J connectivity index is 1.68. The summed E-state index contributed by atoms with van der Waals surface area (Å²) in [5.74, 6) is 0.349. The van der Waals surface area contributed by atoms with Crippen LogP contribution in [-0.4, -0.2) is 29.7 Å². The highest BCUT2D eigenvalue weighted by atomic mass is 32.2. The first-order chi connectivity index (χ1) is 16.9. The van der Waals surface area contributed by atoms with Crippen molar-refractivity contribution >= 4 is 53.2 Å². The van der Waals surface area contributed by atoms with Crippen molar-refractivity contribution in [1.29, 1.82) is 5.26 Å². The molecule has 0 unspecified atom stereocenters. The van der Waals surface area contributed by atoms with Crippen LogP contribution in [-0.2, 0) is 0 Å². The number of halogens is 1. The van der Waals surface area contributed by atoms with Gasteiger partial charge in [0.1, 0.15) is 17.2 Å². The third kappa shape index (κ3) is 4.21. The van der Waals surface area contributed by atoms with Crippen LogP contribution in [0.4, 0.5) is 15.8 Å². The summed E-state index contributed by atoms with van der Waals surface area (Å²) in [6.45, 7) is 0. The van der Waals surface area contributed by atoms with Crippen molar-refractivity contribution in [2.45, 2.75) is 18.8 Å². The number of nitrogens with zero attached hydrogens (tertiary/aromatic N) is 2. The molecule has 9 heteroatoms. The van der Waals surface area contributed by atoms with Crippen LogP contribution in [0, 0.1) is 17.1 Å². The van der Waals surface area contributed by atoms with E-state index in [2.05, 4.69) is 0 Å². The molecule has 1 saturated carbocycles. The highest BCUT2D eigenvalue weighted by Crippen LogP contribution is 2.49. The Morgan fingerprint density at radius 2 is 1.91 bits per heavy atom. The molecule has 3 aromatic carbocycles. The number of benzene rings is 3. The van der Waals surface area contributed by atoms with Gasteiger partial charge in [-0.2, -0.15) is 5.26 Å². The van der Waals surface area contributed by atoms with Gasteiger partial charge in [0.15, 0.2) is 6.29 Å². The Bertz CT molecular complexity index is 1480. The summed E-state index contributed by atoms with van der Waals surface area (Å²) < 4.78 is 21.5. The zero-order chi connectivity index (χ0) is 24.7. The van der Waals surface area contributed by atoms with E-state index in [0.717, 1.165) is 30.4 Å². The van der Waals surface area contributed by atoms with Crippen LogP contribution in [0.25, 0.3) is 22.3 Å². The van der Waals surface area contributed by atoms with Crippen molar-refractivity contribution in [3.8, 4) is 17.4 Å². The summed E-state index contributed by atoms with van der Waals surface area (Å²) in [6.07, 6.45) is 4.73. The Morgan fingerprint density at radius 1 is 1.17 bits per heavy atom. The highest BCUT2D eigenvalue weighted by molar-refractivity contribution is 8.00. The van der Waals surface area contributed by atoms with Crippen molar-refractivity contribution in [2.75, 3.05) is 10.6 Å². The summed E-state index contributed by atoms with van der Waals surface area (Å²) in [4.78, 5) is 12.1. The molecule has 0 amide bonds. The third-order valence-electron chi connectivity index (χ3n) is 6.19. The molecule has 1 aromatic heterocycles. The van der Waals surface area contributed by atoms with Gasteiger partial charge >= 0.3 is 7.12 Å². The monoisotopic (exact) mass is 486 g/mol. The summed E-state index contributed by atoms with van der Waals surface area (Å²) in [7, 11) is -1.74. The molecule has 1 aliphatic carbocycles. The van der Waals surface area contributed by atoms with Crippen LogP contribution in [0.2, 0.25) is 0 Å². The lowest BCUT2D eigenvalue weighted by molar-refractivity contribution is 0.112. The van der Waals surface area contributed by atoms with E-state index in [0.29, 0.717) is 39.5 Å². The minimum Gasteiger partial charge on any atom is -0.455 e. The lowest BCUT2D eigenvalue weighted by atomic mass is 9.77. The first-order valence-corrected chi connectivity index (χ1v) is 12.2. The molecule has 35 heavy (non-hydrogen) atoms. The maximum atomic E-state index is 13.4. The molecule has 0 atom stereocenters. The number of carbonyl (C=O) groups excluding carboxylic acids is 1. The fraction of sp³-hybridized carbons (Fsp3) is 0.154. The van der Waals surface area contributed by atoms with E-state index < -0.39 is 7.12 Å². The largest absolute Gasteiger partial charge is 0.489 e. The fourth-order valence-corrected chi connectivity index (χ4v) is 5.01. The van der Waals surface area contributed by atoms with Gasteiger partial charge in [0.05, 0.1) is 28.6 Å². The van der Waals surface area contributed by atoms with Gasteiger partial charge in [0.25, 0.3) is 0 Å². The average molecular weight is 486 g/mol. The van der Waals surface area contributed by atoms with E-state index in [9.17, 15) is 24.5 Å². The normalized spacial score (nSPS) is 13.0. The Kier molecular flexibility index (Phi) is 6.11. The number of carbonyl (C=O) groups is 1. The molecular formula is C26H20BFN2O4S. The summed E-state index contributed by atoms with van der Waals surface area (Å²) in [6, 6.07) is 16.6. The smallest absolute Gasteiger partial charge is 0.455 e. The second-order valence-corrected chi connectivity index (χ2v) is 9.12. The predicted molar refractivity (Wildman–Crippen MR) is 136 cm³/mol. The number of hydrogen-bond donors (Lipinski definition) is 2.